The third-order valence-electron chi connectivity index (χ3n) is 2.85. The lowest BCUT2D eigenvalue weighted by Crippen LogP contribution is -2.45. The molecule has 4 nitrogen and oxygen atoms in total. The third kappa shape index (κ3) is 3.76. The van der Waals surface area contributed by atoms with Crippen molar-refractivity contribution in [1.82, 2.24) is 10.6 Å². The maximum absolute atomic E-state index is 13.1. The number of carbonyl (C=O) groups is 2. The van der Waals surface area contributed by atoms with Gasteiger partial charge in [-0.15, -0.1) is 0 Å². The van der Waals surface area contributed by atoms with Gasteiger partial charge in [0.1, 0.15) is 11.9 Å². The molecule has 1 aliphatic carbocycles. The zero-order valence-electron chi connectivity index (χ0n) is 10.4. The molecule has 1 aliphatic rings. The number of rotatable bonds is 4. The molecule has 1 fully saturated rings. The van der Waals surface area contributed by atoms with E-state index in [1.54, 1.807) is 6.92 Å². The van der Waals surface area contributed by atoms with Gasteiger partial charge in [0.2, 0.25) is 5.91 Å². The van der Waals surface area contributed by atoms with Crippen molar-refractivity contribution in [2.75, 3.05) is 0 Å². The van der Waals surface area contributed by atoms with Gasteiger partial charge < -0.3 is 10.6 Å². The Morgan fingerprint density at radius 2 is 2.11 bits per heavy atom. The van der Waals surface area contributed by atoms with Crippen LogP contribution in [0.3, 0.4) is 0 Å². The first-order valence-electron chi connectivity index (χ1n) is 6.03. The van der Waals surface area contributed by atoms with E-state index in [1.165, 1.54) is 18.2 Å². The molecule has 0 aromatic heterocycles. The van der Waals surface area contributed by atoms with Gasteiger partial charge in [0.25, 0.3) is 5.91 Å². The minimum Gasteiger partial charge on any atom is -0.352 e. The molecule has 1 unspecified atom stereocenters. The number of hydrogen-bond donors (Lipinski definition) is 2. The highest BCUT2D eigenvalue weighted by Crippen LogP contribution is 2.19. The van der Waals surface area contributed by atoms with Gasteiger partial charge in [-0.05, 0) is 53.9 Å². The summed E-state index contributed by atoms with van der Waals surface area (Å²) in [4.78, 5) is 23.6. The third-order valence-corrected chi connectivity index (χ3v) is 3.45. The Morgan fingerprint density at radius 3 is 2.68 bits per heavy atom. The van der Waals surface area contributed by atoms with Crippen molar-refractivity contribution < 1.29 is 14.0 Å². The average molecular weight is 329 g/mol. The van der Waals surface area contributed by atoms with E-state index in [-0.39, 0.29) is 16.4 Å². The smallest absolute Gasteiger partial charge is 0.251 e. The van der Waals surface area contributed by atoms with Gasteiger partial charge in [0, 0.05) is 11.6 Å². The quantitative estimate of drug-likeness (QED) is 0.888. The summed E-state index contributed by atoms with van der Waals surface area (Å²) in [6, 6.07) is 3.61. The summed E-state index contributed by atoms with van der Waals surface area (Å²) in [5.41, 5.74) is 0.305. The zero-order chi connectivity index (χ0) is 14.0. The molecule has 102 valence electrons. The van der Waals surface area contributed by atoms with E-state index in [4.69, 9.17) is 0 Å². The first kappa shape index (κ1) is 14.0. The van der Waals surface area contributed by atoms with Crippen LogP contribution in [-0.2, 0) is 4.79 Å². The zero-order valence-corrected chi connectivity index (χ0v) is 12.0. The number of nitrogens with one attached hydrogen (secondary N) is 2. The van der Waals surface area contributed by atoms with E-state index in [9.17, 15) is 14.0 Å². The van der Waals surface area contributed by atoms with Crippen LogP contribution in [0.1, 0.15) is 30.1 Å². The minimum atomic E-state index is -0.614. The van der Waals surface area contributed by atoms with E-state index in [2.05, 4.69) is 26.6 Å². The second-order valence-electron chi connectivity index (χ2n) is 4.61. The highest BCUT2D eigenvalue weighted by atomic mass is 79.9. The van der Waals surface area contributed by atoms with Gasteiger partial charge in [0.15, 0.2) is 0 Å². The number of benzene rings is 1. The first-order valence-corrected chi connectivity index (χ1v) is 6.83. The number of hydrogen-bond acceptors (Lipinski definition) is 2. The van der Waals surface area contributed by atoms with Gasteiger partial charge in [-0.1, -0.05) is 0 Å². The molecule has 19 heavy (non-hydrogen) atoms. The molecule has 0 spiro atoms. The van der Waals surface area contributed by atoms with Crippen LogP contribution in [0.4, 0.5) is 4.39 Å². The Balaban J connectivity index is 1.95. The van der Waals surface area contributed by atoms with Crippen LogP contribution in [0.25, 0.3) is 0 Å². The molecule has 2 amide bonds. The standard InChI is InChI=1S/C13H14BrFN2O2/c1-7(12(18)17-9-3-4-9)16-13(19)8-2-5-11(15)10(14)6-8/h2,5-7,9H,3-4H2,1H3,(H,16,19)(H,17,18). The topological polar surface area (TPSA) is 58.2 Å². The molecule has 0 saturated heterocycles. The molecule has 2 rings (SSSR count). The summed E-state index contributed by atoms with van der Waals surface area (Å²) in [6.07, 6.45) is 1.99. The lowest BCUT2D eigenvalue weighted by Gasteiger charge is -2.14. The van der Waals surface area contributed by atoms with Crippen LogP contribution in [0.2, 0.25) is 0 Å². The SMILES string of the molecule is CC(NC(=O)c1ccc(F)c(Br)c1)C(=O)NC1CC1. The predicted octanol–water partition coefficient (Wildman–Crippen LogP) is 1.99. The van der Waals surface area contributed by atoms with E-state index in [1.807, 2.05) is 0 Å². The Hall–Kier alpha value is -1.43. The monoisotopic (exact) mass is 328 g/mol. The fourth-order valence-electron chi connectivity index (χ4n) is 1.54. The van der Waals surface area contributed by atoms with Gasteiger partial charge in [-0.2, -0.15) is 0 Å². The Kier molecular flexibility index (Phi) is 4.19. The summed E-state index contributed by atoms with van der Waals surface area (Å²) >= 11 is 3.02. The van der Waals surface area contributed by atoms with Gasteiger partial charge in [-0.25, -0.2) is 4.39 Å². The van der Waals surface area contributed by atoms with E-state index < -0.39 is 17.8 Å². The maximum Gasteiger partial charge on any atom is 0.251 e. The number of carbonyl (C=O) groups excluding carboxylic acids is 2. The number of amides is 2. The fourth-order valence-corrected chi connectivity index (χ4v) is 1.92. The Labute approximate surface area is 118 Å². The van der Waals surface area contributed by atoms with E-state index in [0.29, 0.717) is 5.56 Å². The summed E-state index contributed by atoms with van der Waals surface area (Å²) in [5.74, 6) is -1.03. The Morgan fingerprint density at radius 1 is 1.42 bits per heavy atom. The van der Waals surface area contributed by atoms with Crippen molar-refractivity contribution in [2.24, 2.45) is 0 Å². The highest BCUT2D eigenvalue weighted by Gasteiger charge is 2.26. The van der Waals surface area contributed by atoms with Crippen LogP contribution >= 0.6 is 15.9 Å². The average Bonchev–Trinajstić information content (AvgIpc) is 3.16. The lowest BCUT2D eigenvalue weighted by molar-refractivity contribution is -0.122. The predicted molar refractivity (Wildman–Crippen MR) is 72.2 cm³/mol. The Bertz CT molecular complexity index is 517. The van der Waals surface area contributed by atoms with Crippen LogP contribution in [0, 0.1) is 5.82 Å². The number of halogens is 2. The van der Waals surface area contributed by atoms with Crippen molar-refractivity contribution in [3.8, 4) is 0 Å². The van der Waals surface area contributed by atoms with Crippen molar-refractivity contribution in [1.29, 1.82) is 0 Å². The fraction of sp³-hybridized carbons (Fsp3) is 0.385. The molecule has 1 aromatic rings. The molecule has 1 atom stereocenters. The molecule has 6 heteroatoms. The summed E-state index contributed by atoms with van der Waals surface area (Å²) in [6.45, 7) is 1.62. The normalized spacial score (nSPS) is 15.7. The highest BCUT2D eigenvalue weighted by molar-refractivity contribution is 9.10. The van der Waals surface area contributed by atoms with Crippen molar-refractivity contribution >= 4 is 27.7 Å². The summed E-state index contributed by atoms with van der Waals surface area (Å²) < 4.78 is 13.3. The second kappa shape index (κ2) is 5.69. The van der Waals surface area contributed by atoms with E-state index in [0.717, 1.165) is 12.8 Å². The van der Waals surface area contributed by atoms with E-state index >= 15 is 0 Å². The van der Waals surface area contributed by atoms with Gasteiger partial charge >= 0.3 is 0 Å². The van der Waals surface area contributed by atoms with Crippen LogP contribution in [0.5, 0.6) is 0 Å². The van der Waals surface area contributed by atoms with Crippen LogP contribution in [-0.4, -0.2) is 23.9 Å². The van der Waals surface area contributed by atoms with Crippen molar-refractivity contribution in [3.63, 3.8) is 0 Å². The summed E-state index contributed by atoms with van der Waals surface area (Å²) in [5, 5.41) is 5.39. The summed E-state index contributed by atoms with van der Waals surface area (Å²) in [7, 11) is 0. The lowest BCUT2D eigenvalue weighted by atomic mass is 10.2. The molecule has 1 aromatic carbocycles. The largest absolute Gasteiger partial charge is 0.352 e. The molecule has 0 bridgehead atoms. The molecule has 2 N–H and O–H groups in total. The van der Waals surface area contributed by atoms with Crippen LogP contribution in [0.15, 0.2) is 22.7 Å². The first-order chi connectivity index (χ1) is 8.97. The molecule has 0 aliphatic heterocycles. The van der Waals surface area contributed by atoms with Gasteiger partial charge in [-0.3, -0.25) is 9.59 Å². The van der Waals surface area contributed by atoms with Gasteiger partial charge in [0.05, 0.1) is 4.47 Å². The molecular weight excluding hydrogens is 315 g/mol. The molecular formula is C13H14BrFN2O2. The molecule has 1 saturated carbocycles. The second-order valence-corrected chi connectivity index (χ2v) is 5.46. The van der Waals surface area contributed by atoms with Crippen molar-refractivity contribution in [3.05, 3.63) is 34.1 Å². The molecule has 0 heterocycles. The minimum absolute atomic E-state index is 0.197. The molecule has 0 radical (unpaired) electrons. The van der Waals surface area contributed by atoms with Crippen LogP contribution < -0.4 is 10.6 Å². The maximum atomic E-state index is 13.1. The van der Waals surface area contributed by atoms with Crippen molar-refractivity contribution in [2.45, 2.75) is 31.8 Å².